The van der Waals surface area contributed by atoms with Gasteiger partial charge in [0.2, 0.25) is 5.91 Å². The molecule has 2 N–H and O–H groups in total. The number of thioether (sulfide) groups is 1. The second-order valence-corrected chi connectivity index (χ2v) is 9.12. The summed E-state index contributed by atoms with van der Waals surface area (Å²) in [6.45, 7) is -0.642. The minimum absolute atomic E-state index is 0.190. The van der Waals surface area contributed by atoms with E-state index in [1.165, 1.54) is 14.2 Å². The molecule has 39 heavy (non-hydrogen) atoms. The number of amides is 4. The third-order valence-electron chi connectivity index (χ3n) is 5.49. The van der Waals surface area contributed by atoms with Crippen LogP contribution in [0.4, 0.5) is 16.2 Å². The number of para-hydroxylation sites is 4. The van der Waals surface area contributed by atoms with Gasteiger partial charge in [0.15, 0.2) is 6.61 Å². The SMILES string of the molecule is COc1ccccc1NC(=O)COc1ccc(/C=C2\SC(=O)N(CC(=O)Nc3ccccc3OC)C2=O)cc1. The van der Waals surface area contributed by atoms with E-state index in [0.717, 1.165) is 16.7 Å². The third-order valence-corrected chi connectivity index (χ3v) is 6.39. The highest BCUT2D eigenvalue weighted by Gasteiger charge is 2.36. The van der Waals surface area contributed by atoms with Crippen molar-refractivity contribution in [2.45, 2.75) is 0 Å². The van der Waals surface area contributed by atoms with Gasteiger partial charge in [0, 0.05) is 0 Å². The van der Waals surface area contributed by atoms with Crippen LogP contribution in [0, 0.1) is 0 Å². The van der Waals surface area contributed by atoms with Crippen LogP contribution in [-0.2, 0) is 14.4 Å². The smallest absolute Gasteiger partial charge is 0.294 e. The molecule has 4 amide bonds. The van der Waals surface area contributed by atoms with E-state index in [1.807, 2.05) is 0 Å². The molecule has 11 heteroatoms. The molecule has 10 nitrogen and oxygen atoms in total. The second kappa shape index (κ2) is 12.7. The van der Waals surface area contributed by atoms with E-state index in [0.29, 0.717) is 34.2 Å². The predicted molar refractivity (Wildman–Crippen MR) is 148 cm³/mol. The largest absolute Gasteiger partial charge is 0.495 e. The van der Waals surface area contributed by atoms with Crippen LogP contribution in [0.25, 0.3) is 6.08 Å². The van der Waals surface area contributed by atoms with Crippen molar-refractivity contribution >= 4 is 52.2 Å². The summed E-state index contributed by atoms with van der Waals surface area (Å²) in [6, 6.07) is 20.5. The van der Waals surface area contributed by atoms with Crippen molar-refractivity contribution in [2.75, 3.05) is 38.0 Å². The molecule has 0 spiro atoms. The molecule has 0 saturated carbocycles. The van der Waals surface area contributed by atoms with Crippen molar-refractivity contribution in [1.29, 1.82) is 0 Å². The number of carbonyl (C=O) groups excluding carboxylic acids is 4. The lowest BCUT2D eigenvalue weighted by atomic mass is 10.2. The molecule has 0 atom stereocenters. The van der Waals surface area contributed by atoms with Gasteiger partial charge < -0.3 is 24.8 Å². The summed E-state index contributed by atoms with van der Waals surface area (Å²) >= 11 is 0.754. The van der Waals surface area contributed by atoms with Crippen molar-refractivity contribution in [3.05, 3.63) is 83.3 Å². The van der Waals surface area contributed by atoms with Gasteiger partial charge in [-0.2, -0.15) is 0 Å². The lowest BCUT2D eigenvalue weighted by Crippen LogP contribution is -2.36. The molecule has 1 saturated heterocycles. The van der Waals surface area contributed by atoms with Crippen LogP contribution in [0.5, 0.6) is 17.2 Å². The maximum absolute atomic E-state index is 12.8. The molecular formula is C28H25N3O7S. The van der Waals surface area contributed by atoms with Gasteiger partial charge in [-0.3, -0.25) is 24.1 Å². The topological polar surface area (TPSA) is 123 Å². The zero-order chi connectivity index (χ0) is 27.8. The van der Waals surface area contributed by atoms with E-state index in [1.54, 1.807) is 78.9 Å². The third kappa shape index (κ3) is 6.96. The number of hydrogen-bond acceptors (Lipinski definition) is 8. The van der Waals surface area contributed by atoms with Crippen molar-refractivity contribution in [3.63, 3.8) is 0 Å². The van der Waals surface area contributed by atoms with Crippen molar-refractivity contribution in [1.82, 2.24) is 4.90 Å². The normalized spacial score (nSPS) is 13.8. The Kier molecular flexibility index (Phi) is 8.85. The molecule has 4 rings (SSSR count). The fourth-order valence-electron chi connectivity index (χ4n) is 3.61. The van der Waals surface area contributed by atoms with Gasteiger partial charge >= 0.3 is 0 Å². The van der Waals surface area contributed by atoms with Crippen molar-refractivity contribution in [2.24, 2.45) is 0 Å². The first-order valence-corrected chi connectivity index (χ1v) is 12.5. The highest BCUT2D eigenvalue weighted by atomic mass is 32.2. The molecule has 3 aromatic rings. The van der Waals surface area contributed by atoms with Crippen molar-refractivity contribution in [3.8, 4) is 17.2 Å². The van der Waals surface area contributed by atoms with Crippen LogP contribution >= 0.6 is 11.8 Å². The number of carbonyl (C=O) groups is 4. The maximum atomic E-state index is 12.8. The zero-order valence-electron chi connectivity index (χ0n) is 21.1. The van der Waals surface area contributed by atoms with Gasteiger partial charge in [-0.1, -0.05) is 36.4 Å². The summed E-state index contributed by atoms with van der Waals surface area (Å²) in [5, 5.41) is 4.84. The Morgan fingerprint density at radius 3 is 1.97 bits per heavy atom. The predicted octanol–water partition coefficient (Wildman–Crippen LogP) is 4.40. The Morgan fingerprint density at radius 1 is 0.821 bits per heavy atom. The van der Waals surface area contributed by atoms with Gasteiger partial charge in [0.25, 0.3) is 17.1 Å². The van der Waals surface area contributed by atoms with Crippen LogP contribution in [0.1, 0.15) is 5.56 Å². The molecule has 0 unspecified atom stereocenters. The Morgan fingerprint density at radius 2 is 1.38 bits per heavy atom. The zero-order valence-corrected chi connectivity index (χ0v) is 21.9. The molecule has 0 bridgehead atoms. The van der Waals surface area contributed by atoms with E-state index >= 15 is 0 Å². The molecule has 0 radical (unpaired) electrons. The first kappa shape index (κ1) is 27.3. The highest BCUT2D eigenvalue weighted by molar-refractivity contribution is 8.18. The van der Waals surface area contributed by atoms with Gasteiger partial charge in [-0.05, 0) is 59.8 Å². The molecule has 1 heterocycles. The summed E-state index contributed by atoms with van der Waals surface area (Å²) in [6.07, 6.45) is 1.56. The number of nitrogens with one attached hydrogen (secondary N) is 2. The second-order valence-electron chi connectivity index (χ2n) is 8.12. The van der Waals surface area contributed by atoms with Gasteiger partial charge in [-0.25, -0.2) is 0 Å². The van der Waals surface area contributed by atoms with Gasteiger partial charge in [-0.15, -0.1) is 0 Å². The maximum Gasteiger partial charge on any atom is 0.294 e. The number of imide groups is 1. The van der Waals surface area contributed by atoms with Crippen LogP contribution in [0.2, 0.25) is 0 Å². The van der Waals surface area contributed by atoms with Crippen LogP contribution in [0.15, 0.2) is 77.7 Å². The first-order valence-electron chi connectivity index (χ1n) is 11.7. The van der Waals surface area contributed by atoms with E-state index in [-0.39, 0.29) is 17.4 Å². The molecule has 0 aromatic heterocycles. The van der Waals surface area contributed by atoms with Crippen LogP contribution in [-0.4, -0.2) is 55.2 Å². The quantitative estimate of drug-likeness (QED) is 0.358. The van der Waals surface area contributed by atoms with E-state index in [2.05, 4.69) is 10.6 Å². The summed E-state index contributed by atoms with van der Waals surface area (Å²) < 4.78 is 16.0. The first-order chi connectivity index (χ1) is 18.9. The monoisotopic (exact) mass is 547 g/mol. The number of nitrogens with zero attached hydrogens (tertiary/aromatic N) is 1. The summed E-state index contributed by atoms with van der Waals surface area (Å²) in [7, 11) is 3.00. The summed E-state index contributed by atoms with van der Waals surface area (Å²) in [5.74, 6) is 0.00397. The highest BCUT2D eigenvalue weighted by Crippen LogP contribution is 2.32. The number of ether oxygens (including phenoxy) is 3. The molecular weight excluding hydrogens is 522 g/mol. The number of methoxy groups -OCH3 is 2. The minimum Gasteiger partial charge on any atom is -0.495 e. The Bertz CT molecular complexity index is 1420. The fourth-order valence-corrected chi connectivity index (χ4v) is 4.45. The summed E-state index contributed by atoms with van der Waals surface area (Å²) in [4.78, 5) is 51.0. The molecule has 3 aromatic carbocycles. The Hall–Kier alpha value is -4.77. The van der Waals surface area contributed by atoms with Crippen LogP contribution in [0.3, 0.4) is 0 Å². The van der Waals surface area contributed by atoms with E-state index in [4.69, 9.17) is 14.2 Å². The molecule has 1 fully saturated rings. The Balaban J connectivity index is 1.32. The summed E-state index contributed by atoms with van der Waals surface area (Å²) in [5.41, 5.74) is 1.62. The average Bonchev–Trinajstić information content (AvgIpc) is 3.20. The number of benzene rings is 3. The van der Waals surface area contributed by atoms with Crippen LogP contribution < -0.4 is 24.8 Å². The standard InChI is InChI=1S/C28H25N3O7S/c1-36-22-9-5-3-7-20(22)29-25(32)16-31-27(34)24(39-28(31)35)15-18-11-13-19(14-12-18)38-17-26(33)30-21-8-4-6-10-23(21)37-2/h3-15H,16-17H2,1-2H3,(H,29,32)(H,30,33)/b24-15-. The minimum atomic E-state index is -0.562. The lowest BCUT2D eigenvalue weighted by molar-refractivity contribution is -0.127. The number of anilines is 2. The number of rotatable bonds is 10. The average molecular weight is 548 g/mol. The Labute approximate surface area is 228 Å². The van der Waals surface area contributed by atoms with Gasteiger partial charge in [0.1, 0.15) is 23.8 Å². The molecule has 1 aliphatic rings. The molecule has 0 aliphatic carbocycles. The fraction of sp³-hybridized carbons (Fsp3) is 0.143. The van der Waals surface area contributed by atoms with Gasteiger partial charge in [0.05, 0.1) is 30.5 Å². The molecule has 200 valence electrons. The number of hydrogen-bond donors (Lipinski definition) is 2. The van der Waals surface area contributed by atoms with E-state index < -0.39 is 23.6 Å². The van der Waals surface area contributed by atoms with E-state index in [9.17, 15) is 19.2 Å². The van der Waals surface area contributed by atoms with Crippen molar-refractivity contribution < 1.29 is 33.4 Å². The molecule has 1 aliphatic heterocycles. The lowest BCUT2D eigenvalue weighted by Gasteiger charge is -2.14.